The number of carboxylic acids is 1. The Kier molecular flexibility index (Phi) is 7.17. The normalized spacial score (nSPS) is 13.5. The molecule has 1 unspecified atom stereocenters. The van der Waals surface area contributed by atoms with E-state index in [1.54, 1.807) is 31.2 Å². The van der Waals surface area contributed by atoms with Gasteiger partial charge in [0.05, 0.1) is 17.6 Å². The van der Waals surface area contributed by atoms with E-state index in [4.69, 9.17) is 16.1 Å². The third kappa shape index (κ3) is 5.72. The number of hydrogen-bond donors (Lipinski definition) is 1. The van der Waals surface area contributed by atoms with Gasteiger partial charge in [-0.25, -0.2) is 4.79 Å². The van der Waals surface area contributed by atoms with E-state index in [-0.39, 0.29) is 23.1 Å². The second-order valence-corrected chi connectivity index (χ2v) is 11.3. The van der Waals surface area contributed by atoms with Gasteiger partial charge < -0.3 is 9.63 Å². The lowest BCUT2D eigenvalue weighted by molar-refractivity contribution is 0.0701. The molecule has 1 N–H and O–H groups in total. The van der Waals surface area contributed by atoms with Crippen molar-refractivity contribution in [2.45, 2.75) is 40.8 Å². The number of carboxylic acid groups (broad SMARTS) is 1. The lowest BCUT2D eigenvalue weighted by Gasteiger charge is -2.20. The van der Waals surface area contributed by atoms with Crippen LogP contribution in [0.2, 0.25) is 5.02 Å². The number of benzene rings is 1. The number of aryl methyl sites for hydroxylation is 1. The molecule has 1 heterocycles. The van der Waals surface area contributed by atoms with Crippen molar-refractivity contribution in [3.05, 3.63) is 50.2 Å². The van der Waals surface area contributed by atoms with Crippen molar-refractivity contribution in [1.82, 2.24) is 0 Å². The molecule has 0 amide bonds. The molecule has 1 aromatic heterocycles. The Morgan fingerprint density at radius 3 is 2.54 bits per heavy atom. The standard InChI is InChI=1S/C21H24ClO4PS/c1-6-26-27(25,18-8-7-16(22)11-14(18)2)13-15-12-17(9-10-21(3,4)5)28-19(15)20(23)24/h7-8,11-12H,6,13H2,1-5H3,(H,23,24). The summed E-state index contributed by atoms with van der Waals surface area (Å²) >= 11 is 7.12. The van der Waals surface area contributed by atoms with Crippen LogP contribution in [-0.2, 0) is 15.3 Å². The van der Waals surface area contributed by atoms with Gasteiger partial charge in [0.2, 0.25) is 7.37 Å². The first-order valence-electron chi connectivity index (χ1n) is 8.84. The summed E-state index contributed by atoms with van der Waals surface area (Å²) < 4.78 is 19.4. The van der Waals surface area contributed by atoms with Crippen LogP contribution in [0.1, 0.15) is 53.4 Å². The Bertz CT molecular complexity index is 992. The zero-order valence-electron chi connectivity index (χ0n) is 16.6. The fraction of sp³-hybridized carbons (Fsp3) is 0.381. The second kappa shape index (κ2) is 8.84. The van der Waals surface area contributed by atoms with Crippen molar-refractivity contribution >= 4 is 41.6 Å². The van der Waals surface area contributed by atoms with Gasteiger partial charge in [-0.05, 0) is 70.0 Å². The summed E-state index contributed by atoms with van der Waals surface area (Å²) in [4.78, 5) is 12.5. The summed E-state index contributed by atoms with van der Waals surface area (Å²) in [6.45, 7) is 9.79. The minimum absolute atomic E-state index is 0.00135. The van der Waals surface area contributed by atoms with Crippen LogP contribution in [0.5, 0.6) is 0 Å². The van der Waals surface area contributed by atoms with Crippen molar-refractivity contribution in [3.8, 4) is 11.8 Å². The van der Waals surface area contributed by atoms with Gasteiger partial charge in [0.15, 0.2) is 0 Å². The van der Waals surface area contributed by atoms with E-state index in [2.05, 4.69) is 11.8 Å². The summed E-state index contributed by atoms with van der Waals surface area (Å²) in [5.74, 6) is 5.08. The van der Waals surface area contributed by atoms with Crippen LogP contribution in [-0.4, -0.2) is 17.7 Å². The Morgan fingerprint density at radius 1 is 1.32 bits per heavy atom. The van der Waals surface area contributed by atoms with Gasteiger partial charge in [-0.2, -0.15) is 0 Å². The lowest BCUT2D eigenvalue weighted by Crippen LogP contribution is -2.14. The summed E-state index contributed by atoms with van der Waals surface area (Å²) in [7, 11) is -3.32. The van der Waals surface area contributed by atoms with Crippen molar-refractivity contribution in [2.24, 2.45) is 5.41 Å². The molecule has 0 aliphatic carbocycles. The zero-order valence-corrected chi connectivity index (χ0v) is 19.1. The molecule has 1 atom stereocenters. The molecular formula is C21H24ClO4PS. The van der Waals surface area contributed by atoms with E-state index in [1.807, 2.05) is 27.7 Å². The number of carbonyl (C=O) groups is 1. The Hall–Kier alpha value is -1.57. The van der Waals surface area contributed by atoms with Crippen LogP contribution >= 0.6 is 30.3 Å². The molecule has 0 saturated heterocycles. The molecule has 2 aromatic rings. The molecular weight excluding hydrogens is 415 g/mol. The van der Waals surface area contributed by atoms with Crippen LogP contribution in [0.4, 0.5) is 0 Å². The average Bonchev–Trinajstić information content (AvgIpc) is 2.95. The van der Waals surface area contributed by atoms with Crippen molar-refractivity contribution in [1.29, 1.82) is 0 Å². The maximum absolute atomic E-state index is 13.7. The van der Waals surface area contributed by atoms with E-state index in [0.29, 0.717) is 20.8 Å². The molecule has 150 valence electrons. The van der Waals surface area contributed by atoms with Gasteiger partial charge in [0.1, 0.15) is 4.88 Å². The second-order valence-electron chi connectivity index (χ2n) is 7.45. The third-order valence-corrected chi connectivity index (χ3v) is 7.79. The molecule has 7 heteroatoms. The van der Waals surface area contributed by atoms with E-state index in [9.17, 15) is 14.5 Å². The fourth-order valence-corrected chi connectivity index (χ4v) is 6.30. The Labute approximate surface area is 175 Å². The van der Waals surface area contributed by atoms with Crippen molar-refractivity contribution in [2.75, 3.05) is 6.61 Å². The van der Waals surface area contributed by atoms with Crippen LogP contribution < -0.4 is 5.30 Å². The van der Waals surface area contributed by atoms with Crippen molar-refractivity contribution in [3.63, 3.8) is 0 Å². The first kappa shape index (κ1) is 22.7. The van der Waals surface area contributed by atoms with Crippen LogP contribution in [0.25, 0.3) is 0 Å². The van der Waals surface area contributed by atoms with Gasteiger partial charge >= 0.3 is 5.97 Å². The first-order chi connectivity index (χ1) is 12.9. The van der Waals surface area contributed by atoms with E-state index < -0.39 is 13.3 Å². The third-order valence-electron chi connectivity index (χ3n) is 3.81. The highest BCUT2D eigenvalue weighted by Crippen LogP contribution is 2.51. The van der Waals surface area contributed by atoms with Gasteiger partial charge in [-0.15, -0.1) is 11.3 Å². The molecule has 0 aliphatic rings. The monoisotopic (exact) mass is 438 g/mol. The number of thiophene rings is 1. The molecule has 0 saturated carbocycles. The summed E-state index contributed by atoms with van der Waals surface area (Å²) in [5.41, 5.74) is 1.03. The fourth-order valence-electron chi connectivity index (χ4n) is 2.67. The summed E-state index contributed by atoms with van der Waals surface area (Å²) in [5, 5.41) is 10.7. The molecule has 28 heavy (non-hydrogen) atoms. The highest BCUT2D eigenvalue weighted by molar-refractivity contribution is 7.66. The minimum atomic E-state index is -3.32. The Morgan fingerprint density at radius 2 is 2.00 bits per heavy atom. The maximum atomic E-state index is 13.7. The number of halogens is 1. The molecule has 4 nitrogen and oxygen atoms in total. The number of hydrogen-bond acceptors (Lipinski definition) is 4. The molecule has 0 radical (unpaired) electrons. The Balaban J connectivity index is 2.52. The number of aromatic carboxylic acids is 1. The highest BCUT2D eigenvalue weighted by Gasteiger charge is 2.31. The SMILES string of the molecule is CCOP(=O)(Cc1cc(C#CC(C)(C)C)sc1C(=O)O)c1ccc(Cl)cc1C. The van der Waals surface area contributed by atoms with E-state index in [0.717, 1.165) is 16.9 Å². The quantitative estimate of drug-likeness (QED) is 0.447. The topological polar surface area (TPSA) is 63.6 Å². The summed E-state index contributed by atoms with van der Waals surface area (Å²) in [6, 6.07) is 6.81. The van der Waals surface area contributed by atoms with Gasteiger partial charge in [-0.3, -0.25) is 4.57 Å². The smallest absolute Gasteiger partial charge is 0.346 e. The van der Waals surface area contributed by atoms with Gasteiger partial charge in [0, 0.05) is 15.7 Å². The largest absolute Gasteiger partial charge is 0.477 e. The first-order valence-corrected chi connectivity index (χ1v) is 11.8. The predicted molar refractivity (Wildman–Crippen MR) is 116 cm³/mol. The minimum Gasteiger partial charge on any atom is -0.477 e. The van der Waals surface area contributed by atoms with Crippen LogP contribution in [0.3, 0.4) is 0 Å². The summed E-state index contributed by atoms with van der Waals surface area (Å²) in [6.07, 6.45) is -0.00135. The van der Waals surface area contributed by atoms with E-state index >= 15 is 0 Å². The molecule has 0 bridgehead atoms. The maximum Gasteiger partial charge on any atom is 0.346 e. The van der Waals surface area contributed by atoms with Crippen molar-refractivity contribution < 1.29 is 19.0 Å². The molecule has 0 aliphatic heterocycles. The van der Waals surface area contributed by atoms with Gasteiger partial charge in [0.25, 0.3) is 0 Å². The number of rotatable bonds is 6. The highest BCUT2D eigenvalue weighted by atomic mass is 35.5. The average molecular weight is 439 g/mol. The zero-order chi connectivity index (χ0) is 21.1. The lowest BCUT2D eigenvalue weighted by atomic mass is 9.98. The molecule has 0 spiro atoms. The predicted octanol–water partition coefficient (Wildman–Crippen LogP) is 5.95. The van der Waals surface area contributed by atoms with E-state index in [1.165, 1.54) is 0 Å². The molecule has 1 aromatic carbocycles. The van der Waals surface area contributed by atoms with Crippen LogP contribution in [0.15, 0.2) is 24.3 Å². The molecule has 0 fully saturated rings. The van der Waals surface area contributed by atoms with Crippen LogP contribution in [0, 0.1) is 24.2 Å². The molecule has 2 rings (SSSR count). The van der Waals surface area contributed by atoms with Gasteiger partial charge in [-0.1, -0.05) is 23.4 Å².